The van der Waals surface area contributed by atoms with Crippen molar-refractivity contribution in [2.24, 2.45) is 0 Å². The van der Waals surface area contributed by atoms with Crippen molar-refractivity contribution in [1.82, 2.24) is 19.5 Å². The molecule has 11 unspecified atom stereocenters. The molecular formula is C17H23N5O15P2. The van der Waals surface area contributed by atoms with Crippen LogP contribution in [0.2, 0.25) is 0 Å². The van der Waals surface area contributed by atoms with E-state index in [-0.39, 0.29) is 17.1 Å². The van der Waals surface area contributed by atoms with Crippen molar-refractivity contribution >= 4 is 32.8 Å². The topological polar surface area (TPSA) is 311 Å². The fourth-order valence-corrected chi connectivity index (χ4v) is 5.93. The Bertz CT molecular complexity index is 1410. The van der Waals surface area contributed by atoms with Gasteiger partial charge in [0.25, 0.3) is 5.56 Å². The van der Waals surface area contributed by atoms with Crippen molar-refractivity contribution in [3.8, 4) is 12.3 Å². The highest BCUT2D eigenvalue weighted by Crippen LogP contribution is 2.61. The Kier molecular flexibility index (Phi) is 8.31. The number of phosphoric acid groups is 2. The average Bonchev–Trinajstić information content (AvgIpc) is 3.38. The predicted octanol–water partition coefficient (Wildman–Crippen LogP) is -3.99. The van der Waals surface area contributed by atoms with Gasteiger partial charge in [-0.2, -0.15) is 9.29 Å². The van der Waals surface area contributed by atoms with E-state index in [1.165, 1.54) is 0 Å². The molecule has 2 aliphatic rings. The smallest absolute Gasteiger partial charge is 0.387 e. The number of H-pyrrole nitrogens is 1. The second kappa shape index (κ2) is 10.9. The van der Waals surface area contributed by atoms with Gasteiger partial charge in [-0.3, -0.25) is 23.4 Å². The molecule has 20 nitrogen and oxygen atoms in total. The Hall–Kier alpha value is -2.31. The molecule has 0 aromatic carbocycles. The number of nitrogen functional groups attached to an aromatic ring is 1. The summed E-state index contributed by atoms with van der Waals surface area (Å²) in [6, 6.07) is 0. The summed E-state index contributed by atoms with van der Waals surface area (Å²) >= 11 is 0. The molecule has 2 aromatic rings. The minimum absolute atomic E-state index is 0.111. The zero-order chi connectivity index (χ0) is 28.9. The number of aliphatic hydroxyl groups is 5. The molecule has 0 spiro atoms. The lowest BCUT2D eigenvalue weighted by molar-refractivity contribution is -0.262. The number of nitrogens with two attached hydrogens (primary N) is 1. The second-order valence-electron chi connectivity index (χ2n) is 8.30. The number of aromatic amines is 1. The normalized spacial score (nSPS) is 36.3. The van der Waals surface area contributed by atoms with E-state index < -0.39 is 83.1 Å². The van der Waals surface area contributed by atoms with E-state index in [9.17, 15) is 49.2 Å². The number of aromatic nitrogens is 4. The summed E-state index contributed by atoms with van der Waals surface area (Å²) in [5, 5.41) is 50.1. The van der Waals surface area contributed by atoms with Gasteiger partial charge < -0.3 is 50.5 Å². The van der Waals surface area contributed by atoms with Crippen molar-refractivity contribution in [3.63, 3.8) is 0 Å². The van der Waals surface area contributed by atoms with Crippen LogP contribution in [0.5, 0.6) is 0 Å². The molecule has 2 fully saturated rings. The van der Waals surface area contributed by atoms with Gasteiger partial charge in [-0.25, -0.2) is 14.1 Å². The van der Waals surface area contributed by atoms with Crippen LogP contribution < -0.4 is 11.3 Å². The molecule has 0 amide bonds. The summed E-state index contributed by atoms with van der Waals surface area (Å²) in [5.74, 6) is 1.63. The summed E-state index contributed by atoms with van der Waals surface area (Å²) in [5.41, 5.74) is 4.56. The Balaban J connectivity index is 1.40. The maximum absolute atomic E-state index is 12.3. The van der Waals surface area contributed by atoms with Crippen LogP contribution in [0.1, 0.15) is 6.23 Å². The Morgan fingerprint density at radius 2 is 1.77 bits per heavy atom. The Labute approximate surface area is 216 Å². The fourth-order valence-electron chi connectivity index (χ4n) is 3.77. The van der Waals surface area contributed by atoms with Crippen LogP contribution in [0.3, 0.4) is 0 Å². The molecule has 2 aliphatic heterocycles. The van der Waals surface area contributed by atoms with E-state index in [4.69, 9.17) is 21.6 Å². The number of rotatable bonds is 8. The highest BCUT2D eigenvalue weighted by Gasteiger charge is 2.49. The number of ether oxygens (including phenoxy) is 2. The van der Waals surface area contributed by atoms with Crippen LogP contribution in [0.4, 0.5) is 5.95 Å². The second-order valence-corrected chi connectivity index (χ2v) is 11.3. The summed E-state index contributed by atoms with van der Waals surface area (Å²) in [6.07, 6.45) is -9.84. The lowest BCUT2D eigenvalue weighted by Gasteiger charge is -2.38. The number of aliphatic hydroxyl groups excluding tert-OH is 5. The summed E-state index contributed by atoms with van der Waals surface area (Å²) in [7, 11) is -11.1. The van der Waals surface area contributed by atoms with Crippen molar-refractivity contribution in [3.05, 3.63) is 16.7 Å². The minimum atomic E-state index is -5.58. The number of imidazole rings is 1. The van der Waals surface area contributed by atoms with E-state index >= 15 is 0 Å². The monoisotopic (exact) mass is 599 g/mol. The molecule has 11 atom stereocenters. The van der Waals surface area contributed by atoms with Gasteiger partial charge in [0.15, 0.2) is 23.7 Å². The number of anilines is 1. The van der Waals surface area contributed by atoms with Crippen molar-refractivity contribution in [1.29, 1.82) is 0 Å². The molecule has 0 radical (unpaired) electrons. The van der Waals surface area contributed by atoms with Gasteiger partial charge >= 0.3 is 15.6 Å². The summed E-state index contributed by atoms with van der Waals surface area (Å²) < 4.78 is 49.2. The molecule has 0 bridgehead atoms. The van der Waals surface area contributed by atoms with Gasteiger partial charge in [0, 0.05) is 0 Å². The van der Waals surface area contributed by atoms with Crippen molar-refractivity contribution < 1.29 is 67.3 Å². The zero-order valence-electron chi connectivity index (χ0n) is 19.3. The molecular weight excluding hydrogens is 576 g/mol. The zero-order valence-corrected chi connectivity index (χ0v) is 21.1. The van der Waals surface area contributed by atoms with E-state index in [0.29, 0.717) is 0 Å². The van der Waals surface area contributed by atoms with E-state index in [1.807, 2.05) is 5.92 Å². The highest BCUT2D eigenvalue weighted by atomic mass is 31.3. The first kappa shape index (κ1) is 29.7. The molecule has 2 saturated heterocycles. The Morgan fingerprint density at radius 1 is 1.08 bits per heavy atom. The fraction of sp³-hybridized carbons (Fsp3) is 0.588. The Morgan fingerprint density at radius 3 is 2.44 bits per heavy atom. The van der Waals surface area contributed by atoms with Gasteiger partial charge in [0.2, 0.25) is 5.95 Å². The maximum Gasteiger partial charge on any atom is 0.483 e. The first-order valence-electron chi connectivity index (χ1n) is 10.7. The van der Waals surface area contributed by atoms with Gasteiger partial charge in [-0.15, -0.1) is 6.42 Å². The van der Waals surface area contributed by atoms with E-state index in [1.54, 1.807) is 0 Å². The quantitative estimate of drug-likeness (QED) is 0.103. The highest BCUT2D eigenvalue weighted by molar-refractivity contribution is 7.61. The molecule has 2 aromatic heterocycles. The third-order valence-electron chi connectivity index (χ3n) is 5.64. The van der Waals surface area contributed by atoms with E-state index in [0.717, 1.165) is 10.9 Å². The third-order valence-corrected chi connectivity index (χ3v) is 8.24. The number of hydrogen-bond acceptors (Lipinski definition) is 16. The molecule has 10 N–H and O–H groups in total. The van der Waals surface area contributed by atoms with Gasteiger partial charge in [0.1, 0.15) is 42.7 Å². The van der Waals surface area contributed by atoms with Gasteiger partial charge in [0.05, 0.1) is 12.9 Å². The van der Waals surface area contributed by atoms with Crippen LogP contribution >= 0.6 is 15.6 Å². The first-order chi connectivity index (χ1) is 18.1. The van der Waals surface area contributed by atoms with Crippen LogP contribution in [0.25, 0.3) is 11.2 Å². The molecule has 22 heteroatoms. The van der Waals surface area contributed by atoms with Crippen LogP contribution in [-0.4, -0.2) is 110 Å². The number of nitrogens with zero attached hydrogens (tertiary/aromatic N) is 3. The minimum Gasteiger partial charge on any atom is -0.387 e. The largest absolute Gasteiger partial charge is 0.483 e. The summed E-state index contributed by atoms with van der Waals surface area (Å²) in [4.78, 5) is 41.7. The number of nitrogens with one attached hydrogen (secondary N) is 1. The number of fused-ring (bicyclic) bond motifs is 1. The number of hydrogen-bond donors (Lipinski definition) is 9. The standard InChI is InChI=1S/C17H23N5O15P2/c1-2-5-8(23)10(25)12(27)16(35-5)36-39(31,32)37-38(29,30)33-3-6-9(24)11(26)15(34-6)22-4-19-7-13(22)20-17(18)21-14(7)28/h1,4-6,8-12,15-16,23-27H,3H2,(H,29,30)(H,31,32)(H3,18,20,21,28). The SMILES string of the molecule is C#CC1OC(OP(=O)(O)OP(=O)(O)OCC2OC(n3cnc4c(=O)[nH]c(N)nc43)C(O)C2O)C(O)C(O)C1O. The number of terminal acetylenes is 1. The predicted molar refractivity (Wildman–Crippen MR) is 122 cm³/mol. The molecule has 0 saturated carbocycles. The van der Waals surface area contributed by atoms with Crippen LogP contribution in [-0.2, 0) is 32.0 Å². The van der Waals surface area contributed by atoms with Gasteiger partial charge in [-0.05, 0) is 0 Å². The molecule has 0 aliphatic carbocycles. The lowest BCUT2D eigenvalue weighted by atomic mass is 10.00. The first-order valence-corrected chi connectivity index (χ1v) is 13.7. The van der Waals surface area contributed by atoms with E-state index in [2.05, 4.69) is 28.3 Å². The third kappa shape index (κ3) is 6.07. The van der Waals surface area contributed by atoms with Gasteiger partial charge in [-0.1, -0.05) is 5.92 Å². The maximum atomic E-state index is 12.3. The van der Waals surface area contributed by atoms with Crippen molar-refractivity contribution in [2.75, 3.05) is 12.3 Å². The van der Waals surface area contributed by atoms with Crippen molar-refractivity contribution in [2.45, 2.75) is 55.2 Å². The average molecular weight is 599 g/mol. The molecule has 4 heterocycles. The molecule has 39 heavy (non-hydrogen) atoms. The number of phosphoric ester groups is 2. The molecule has 4 rings (SSSR count). The summed E-state index contributed by atoms with van der Waals surface area (Å²) in [6.45, 7) is -0.988. The lowest BCUT2D eigenvalue weighted by Crippen LogP contribution is -2.57. The van der Waals surface area contributed by atoms with Crippen LogP contribution in [0.15, 0.2) is 11.1 Å². The molecule has 216 valence electrons. The van der Waals surface area contributed by atoms with Crippen LogP contribution in [0, 0.1) is 12.3 Å².